The van der Waals surface area contributed by atoms with Gasteiger partial charge in [-0.25, -0.2) is 0 Å². The van der Waals surface area contributed by atoms with Crippen LogP contribution in [0.15, 0.2) is 0 Å². The summed E-state index contributed by atoms with van der Waals surface area (Å²) in [7, 11) is 0. The largest absolute Gasteiger partial charge is 0.453 e. The molecule has 0 aromatic carbocycles. The predicted molar refractivity (Wildman–Crippen MR) is 159 cm³/mol. The van der Waals surface area contributed by atoms with E-state index in [9.17, 15) is 184 Å². The molecule has 42 heteroatoms. The summed E-state index contributed by atoms with van der Waals surface area (Å²) in [5.74, 6) is -121. The minimum atomic E-state index is -7.96. The molecule has 0 heterocycles. The van der Waals surface area contributed by atoms with Crippen LogP contribution in [-0.4, -0.2) is 119 Å². The van der Waals surface area contributed by atoms with Gasteiger partial charge in [0.1, 0.15) is 6.42 Å². The first kappa shape index (κ1) is 73.1. The minimum Gasteiger partial charge on any atom is -0.200 e. The molecule has 0 spiro atoms. The van der Waals surface area contributed by atoms with E-state index in [0.717, 1.165) is 6.92 Å². The first-order valence-electron chi connectivity index (χ1n) is 18.3. The molecule has 448 valence electrons. The van der Waals surface area contributed by atoms with Gasteiger partial charge in [-0.1, -0.05) is 34.1 Å². The van der Waals surface area contributed by atoms with Crippen LogP contribution in [0.25, 0.3) is 0 Å². The van der Waals surface area contributed by atoms with E-state index in [4.69, 9.17) is 0 Å². The third-order valence-electron chi connectivity index (χ3n) is 10.1. The van der Waals surface area contributed by atoms with Gasteiger partial charge in [0.05, 0.1) is 12.3 Å². The van der Waals surface area contributed by atoms with Crippen molar-refractivity contribution in [2.24, 2.45) is 11.8 Å². The summed E-state index contributed by atoms with van der Waals surface area (Å²) in [4.78, 5) is 0. The summed E-state index contributed by atoms with van der Waals surface area (Å²) < 4.78 is 528. The van der Waals surface area contributed by atoms with Crippen LogP contribution in [0.2, 0.25) is 0 Å². The Morgan fingerprint density at radius 3 is 0.797 bits per heavy atom. The molecule has 0 aromatic heterocycles. The van der Waals surface area contributed by atoms with Crippen LogP contribution in [0.3, 0.4) is 0 Å². The number of halogens is 42. The van der Waals surface area contributed by atoms with Crippen molar-refractivity contribution in [3.63, 3.8) is 0 Å². The Bertz CT molecular complexity index is 1820. The molecule has 0 N–H and O–H groups in total. The smallest absolute Gasteiger partial charge is 0.200 e. The topological polar surface area (TPSA) is 0 Å². The Kier molecular flexibility index (Phi) is 19.8. The quantitative estimate of drug-likeness (QED) is 0.143. The summed E-state index contributed by atoms with van der Waals surface area (Å²) in [6.45, 7) is 1.85. The third kappa shape index (κ3) is 11.7. The van der Waals surface area contributed by atoms with Crippen LogP contribution < -0.4 is 0 Å². The van der Waals surface area contributed by atoms with E-state index < -0.39 is 169 Å². The van der Waals surface area contributed by atoms with Crippen LogP contribution in [0, 0.1) is 11.8 Å². The van der Waals surface area contributed by atoms with E-state index in [1.807, 2.05) is 0 Å². The maximum atomic E-state index is 13.2. The zero-order valence-corrected chi connectivity index (χ0v) is 35.3. The van der Waals surface area contributed by atoms with Crippen molar-refractivity contribution in [2.45, 2.75) is 185 Å². The van der Waals surface area contributed by atoms with E-state index >= 15 is 0 Å². The average Bonchev–Trinajstić information content (AvgIpc) is 3.21. The molecule has 2 rings (SSSR count). The number of rotatable bonds is 15. The van der Waals surface area contributed by atoms with Gasteiger partial charge in [0.15, 0.2) is 0 Å². The zero-order valence-electron chi connectivity index (χ0n) is 35.3. The second kappa shape index (κ2) is 20.1. The molecular weight excluding hydrogens is 1180 g/mol. The van der Waals surface area contributed by atoms with Crippen LogP contribution in [-0.2, 0) is 0 Å². The molecule has 0 saturated heterocycles. The van der Waals surface area contributed by atoms with Gasteiger partial charge in [-0.05, 0) is 0 Å². The molecule has 0 nitrogen and oxygen atoms in total. The molecule has 0 bridgehead atoms. The van der Waals surface area contributed by atoms with Crippen molar-refractivity contribution in [3.05, 3.63) is 0 Å². The van der Waals surface area contributed by atoms with E-state index in [0.29, 0.717) is 6.92 Å². The Morgan fingerprint density at radius 1 is 0.338 bits per heavy atom. The van der Waals surface area contributed by atoms with Gasteiger partial charge in [-0.15, -0.1) is 0 Å². The summed E-state index contributed by atoms with van der Waals surface area (Å²) >= 11 is 0. The minimum absolute atomic E-state index is 0.0329. The second-order valence-electron chi connectivity index (χ2n) is 15.7. The zero-order chi connectivity index (χ0) is 61.4. The van der Waals surface area contributed by atoms with Gasteiger partial charge in [-0.2, -0.15) is 184 Å². The lowest BCUT2D eigenvalue weighted by Crippen LogP contribution is -2.70. The predicted octanol–water partition coefficient (Wildman–Crippen LogP) is 18.2. The van der Waals surface area contributed by atoms with Crippen molar-refractivity contribution in [1.82, 2.24) is 0 Å². The highest BCUT2D eigenvalue weighted by Crippen LogP contribution is 2.67. The second-order valence-corrected chi connectivity index (χ2v) is 15.7. The maximum absolute atomic E-state index is 13.2. The van der Waals surface area contributed by atoms with Gasteiger partial charge < -0.3 is 0 Å². The molecule has 0 amide bonds. The number of hydrogen-bond donors (Lipinski definition) is 0. The van der Waals surface area contributed by atoms with Crippen molar-refractivity contribution in [2.75, 3.05) is 0 Å². The van der Waals surface area contributed by atoms with E-state index in [-0.39, 0.29) is 13.8 Å². The lowest BCUT2D eigenvalue weighted by Gasteiger charge is -2.41. The van der Waals surface area contributed by atoms with Crippen molar-refractivity contribution in [1.29, 1.82) is 0 Å². The van der Waals surface area contributed by atoms with Crippen LogP contribution >= 0.6 is 0 Å². The molecule has 0 aliphatic heterocycles. The van der Waals surface area contributed by atoms with E-state index in [2.05, 4.69) is 0 Å². The summed E-state index contributed by atoms with van der Waals surface area (Å²) in [6.07, 6.45) is -27.8. The van der Waals surface area contributed by atoms with Gasteiger partial charge in [0, 0.05) is 25.2 Å². The Hall–Kier alpha value is -2.94. The Labute approximate surface area is 382 Å². The SMILES string of the molecule is CC1C(F)(F)C(F)(F)C(F)(F)C1(F)F.CC1CC(F)(F)C1(F)F.CCC(F)(F)C(F)(F)C(F)(F)C(F)(F)C(F)(F)C(F)(F)CC(F)(F)F.CCCC(F)(F)C(F)(F)C(F)(F)C(F)(F)C(F)(F)CC(F)(F)C(F)(F)F. The lowest BCUT2D eigenvalue weighted by molar-refractivity contribution is -0.429. The van der Waals surface area contributed by atoms with Gasteiger partial charge >= 0.3 is 119 Å². The molecule has 0 radical (unpaired) electrons. The first-order chi connectivity index (χ1) is 31.3. The standard InChI is InChI=1S/C11H9F15.C10H7F15.C6H4F8.C5H6F4/c1-2-3-5(12,13)8(18,19)10(22,23)9(20,21)6(14,15)4-7(16,17)11(24,25)26;1-2-4(11,12)7(18,19)9(22,23)10(24,25)8(20,21)5(13,14)3-6(15,16)17;1-2-3(7,8)5(11,12)6(13,14)4(2,9)10;1-3-2-4(6,7)5(3,8)9/h2-4H2,1H3;2-3H2,1H3;2H,1H3;3H,2H2,1H3. The van der Waals surface area contributed by atoms with Crippen molar-refractivity contribution in [3.8, 4) is 0 Å². The number of alkyl halides is 42. The highest BCUT2D eigenvalue weighted by molar-refractivity contribution is 5.17. The molecule has 2 aliphatic rings. The van der Waals surface area contributed by atoms with Gasteiger partial charge in [0.2, 0.25) is 0 Å². The molecule has 0 aromatic rings. The fourth-order valence-electron chi connectivity index (χ4n) is 5.12. The molecule has 74 heavy (non-hydrogen) atoms. The Morgan fingerprint density at radius 2 is 0.608 bits per heavy atom. The highest BCUT2D eigenvalue weighted by Gasteiger charge is 2.93. The van der Waals surface area contributed by atoms with Crippen LogP contribution in [0.1, 0.15) is 66.2 Å². The third-order valence-corrected chi connectivity index (χ3v) is 10.1. The lowest BCUT2D eigenvalue weighted by atomic mass is 9.78. The Balaban J connectivity index is 0. The normalized spacial score (nSPS) is 22.1. The fraction of sp³-hybridized carbons (Fsp3) is 1.00. The van der Waals surface area contributed by atoms with E-state index in [1.165, 1.54) is 0 Å². The first-order valence-corrected chi connectivity index (χ1v) is 18.3. The molecule has 1 unspecified atom stereocenters. The van der Waals surface area contributed by atoms with Crippen molar-refractivity contribution >= 4 is 0 Å². The van der Waals surface area contributed by atoms with E-state index in [1.54, 1.807) is 0 Å². The molecule has 2 fully saturated rings. The monoisotopic (exact) mass is 1210 g/mol. The van der Waals surface area contributed by atoms with Crippen LogP contribution in [0.5, 0.6) is 0 Å². The molecule has 1 atom stereocenters. The average molecular weight is 1210 g/mol. The number of hydrogen-bond acceptors (Lipinski definition) is 0. The van der Waals surface area contributed by atoms with Gasteiger partial charge in [-0.3, -0.25) is 0 Å². The maximum Gasteiger partial charge on any atom is 0.453 e. The molecular formula is C32H26F42. The summed E-state index contributed by atoms with van der Waals surface area (Å²) in [5.41, 5.74) is 0. The van der Waals surface area contributed by atoms with Crippen molar-refractivity contribution < 1.29 is 184 Å². The summed E-state index contributed by atoms with van der Waals surface area (Å²) in [5, 5.41) is 0. The molecule has 2 saturated carbocycles. The summed E-state index contributed by atoms with van der Waals surface area (Å²) in [6, 6.07) is 0. The van der Waals surface area contributed by atoms with Gasteiger partial charge in [0.25, 0.3) is 0 Å². The van der Waals surface area contributed by atoms with Crippen LogP contribution in [0.4, 0.5) is 184 Å². The highest BCUT2D eigenvalue weighted by atomic mass is 19.4. The fourth-order valence-corrected chi connectivity index (χ4v) is 5.12. The molecule has 2 aliphatic carbocycles.